The molecule has 0 bridgehead atoms. The van der Waals surface area contributed by atoms with Crippen molar-refractivity contribution in [2.24, 2.45) is 0 Å². The zero-order valence-corrected chi connectivity index (χ0v) is 10.2. The molecule has 18 heavy (non-hydrogen) atoms. The van der Waals surface area contributed by atoms with Crippen LogP contribution in [0.4, 0.5) is 0 Å². The molecule has 1 heterocycles. The molecule has 5 heteroatoms. The van der Waals surface area contributed by atoms with Crippen molar-refractivity contribution in [3.63, 3.8) is 0 Å². The van der Waals surface area contributed by atoms with Gasteiger partial charge in [-0.2, -0.15) is 0 Å². The second-order valence-electron chi connectivity index (χ2n) is 3.71. The Hall–Kier alpha value is -2.01. The highest BCUT2D eigenvalue weighted by Crippen LogP contribution is 2.33. The highest BCUT2D eigenvalue weighted by atomic mass is 16.5. The Morgan fingerprint density at radius 1 is 1.44 bits per heavy atom. The van der Waals surface area contributed by atoms with Crippen LogP contribution in [0.15, 0.2) is 22.6 Å². The minimum atomic E-state index is -1.11. The number of hydrogen-bond acceptors (Lipinski definition) is 4. The van der Waals surface area contributed by atoms with Crippen LogP contribution in [0.2, 0.25) is 0 Å². The van der Waals surface area contributed by atoms with Crippen molar-refractivity contribution in [2.45, 2.75) is 13.5 Å². The number of hydrogen-bond donors (Lipinski definition) is 1. The summed E-state index contributed by atoms with van der Waals surface area (Å²) in [5.74, 6) is -0.667. The van der Waals surface area contributed by atoms with E-state index in [-0.39, 0.29) is 12.4 Å². The van der Waals surface area contributed by atoms with Gasteiger partial charge in [0.1, 0.15) is 0 Å². The van der Waals surface area contributed by atoms with E-state index in [4.69, 9.17) is 19.0 Å². The molecule has 0 saturated carbocycles. The van der Waals surface area contributed by atoms with Gasteiger partial charge in [0.05, 0.1) is 13.2 Å². The molecule has 0 saturated heterocycles. The molecule has 1 N–H and O–H groups in total. The first-order valence-corrected chi connectivity index (χ1v) is 5.58. The van der Waals surface area contributed by atoms with Gasteiger partial charge in [0.25, 0.3) is 0 Å². The highest BCUT2D eigenvalue weighted by molar-refractivity contribution is 5.96. The van der Waals surface area contributed by atoms with Gasteiger partial charge < -0.3 is 19.0 Å². The Morgan fingerprint density at radius 2 is 2.22 bits per heavy atom. The number of aromatic carboxylic acids is 1. The van der Waals surface area contributed by atoms with E-state index in [1.54, 1.807) is 18.2 Å². The van der Waals surface area contributed by atoms with Crippen LogP contribution in [-0.2, 0) is 11.3 Å². The average molecular weight is 250 g/mol. The van der Waals surface area contributed by atoms with E-state index >= 15 is 0 Å². The van der Waals surface area contributed by atoms with Gasteiger partial charge in [0.15, 0.2) is 11.3 Å². The number of methoxy groups -OCH3 is 1. The van der Waals surface area contributed by atoms with E-state index in [0.717, 1.165) is 0 Å². The molecule has 2 aromatic rings. The summed E-state index contributed by atoms with van der Waals surface area (Å²) in [5, 5.41) is 9.83. The number of carboxylic acids is 1. The lowest BCUT2D eigenvalue weighted by Crippen LogP contribution is -1.99. The molecular weight excluding hydrogens is 236 g/mol. The van der Waals surface area contributed by atoms with E-state index in [2.05, 4.69) is 0 Å². The van der Waals surface area contributed by atoms with E-state index in [1.165, 1.54) is 7.11 Å². The third-order valence-corrected chi connectivity index (χ3v) is 2.56. The maximum absolute atomic E-state index is 11.1. The van der Waals surface area contributed by atoms with Crippen LogP contribution >= 0.6 is 0 Å². The summed E-state index contributed by atoms with van der Waals surface area (Å²) in [4.78, 5) is 11.1. The molecule has 0 unspecified atom stereocenters. The van der Waals surface area contributed by atoms with Crippen LogP contribution in [0.5, 0.6) is 5.75 Å². The molecular formula is C13H14O5. The molecule has 1 aromatic heterocycles. The van der Waals surface area contributed by atoms with Crippen molar-refractivity contribution in [2.75, 3.05) is 13.7 Å². The summed E-state index contributed by atoms with van der Waals surface area (Å²) in [6.45, 7) is 2.53. The summed E-state index contributed by atoms with van der Waals surface area (Å²) < 4.78 is 15.8. The van der Waals surface area contributed by atoms with Crippen LogP contribution in [0, 0.1) is 0 Å². The van der Waals surface area contributed by atoms with E-state index in [9.17, 15) is 4.79 Å². The summed E-state index contributed by atoms with van der Waals surface area (Å²) in [5.41, 5.74) is 0.977. The van der Waals surface area contributed by atoms with E-state index in [1.807, 2.05) is 6.92 Å². The number of benzene rings is 1. The van der Waals surface area contributed by atoms with Gasteiger partial charge in [-0.3, -0.25) is 0 Å². The van der Waals surface area contributed by atoms with Gasteiger partial charge in [0.2, 0.25) is 5.76 Å². The summed E-state index contributed by atoms with van der Waals surface area (Å²) in [6.07, 6.45) is 0. The van der Waals surface area contributed by atoms with Gasteiger partial charge in [-0.15, -0.1) is 0 Å². The summed E-state index contributed by atoms with van der Waals surface area (Å²) in [7, 11) is 1.51. The minimum Gasteiger partial charge on any atom is -0.490 e. The second kappa shape index (κ2) is 5.10. The first-order valence-electron chi connectivity index (χ1n) is 5.58. The lowest BCUT2D eigenvalue weighted by atomic mass is 10.1. The monoisotopic (exact) mass is 250 g/mol. The van der Waals surface area contributed by atoms with Crippen LogP contribution in [-0.4, -0.2) is 24.8 Å². The predicted molar refractivity (Wildman–Crippen MR) is 65.1 cm³/mol. The van der Waals surface area contributed by atoms with Crippen LogP contribution in [0.25, 0.3) is 11.0 Å². The first-order chi connectivity index (χ1) is 8.69. The average Bonchev–Trinajstić information content (AvgIpc) is 2.71. The molecule has 5 nitrogen and oxygen atoms in total. The Bertz CT molecular complexity index is 570. The van der Waals surface area contributed by atoms with Crippen molar-refractivity contribution < 1.29 is 23.8 Å². The zero-order chi connectivity index (χ0) is 13.1. The Labute approximate surface area is 104 Å². The molecule has 0 spiro atoms. The third kappa shape index (κ3) is 2.04. The topological polar surface area (TPSA) is 68.9 Å². The Kier molecular flexibility index (Phi) is 3.53. The normalized spacial score (nSPS) is 10.8. The largest absolute Gasteiger partial charge is 0.490 e. The van der Waals surface area contributed by atoms with Gasteiger partial charge >= 0.3 is 5.97 Å². The van der Waals surface area contributed by atoms with Crippen LogP contribution < -0.4 is 4.74 Å². The van der Waals surface area contributed by atoms with E-state index in [0.29, 0.717) is 28.9 Å². The smallest absolute Gasteiger partial charge is 0.372 e. The van der Waals surface area contributed by atoms with Gasteiger partial charge in [-0.25, -0.2) is 4.79 Å². The highest BCUT2D eigenvalue weighted by Gasteiger charge is 2.21. The summed E-state index contributed by atoms with van der Waals surface area (Å²) >= 11 is 0. The minimum absolute atomic E-state index is 0.0981. The SMILES string of the molecule is CCOc1cccc2c(COC)c(C(=O)O)oc12. The lowest BCUT2D eigenvalue weighted by molar-refractivity contribution is 0.0658. The number of carboxylic acid groups (broad SMARTS) is 1. The molecule has 0 amide bonds. The van der Waals surface area contributed by atoms with Crippen molar-refractivity contribution in [3.8, 4) is 5.75 Å². The molecule has 0 aliphatic carbocycles. The molecule has 96 valence electrons. The fourth-order valence-electron chi connectivity index (χ4n) is 1.87. The third-order valence-electron chi connectivity index (χ3n) is 2.56. The van der Waals surface area contributed by atoms with Crippen molar-refractivity contribution in [1.29, 1.82) is 0 Å². The fourth-order valence-corrected chi connectivity index (χ4v) is 1.87. The standard InChI is InChI=1S/C13H14O5/c1-3-17-10-6-4-5-8-9(7-16-2)12(13(14)15)18-11(8)10/h4-6H,3,7H2,1-2H3,(H,14,15). The number of carbonyl (C=O) groups is 1. The van der Waals surface area contributed by atoms with Crippen molar-refractivity contribution in [3.05, 3.63) is 29.5 Å². The molecule has 2 rings (SSSR count). The number of fused-ring (bicyclic) bond motifs is 1. The predicted octanol–water partition coefficient (Wildman–Crippen LogP) is 2.68. The Morgan fingerprint density at radius 3 is 2.83 bits per heavy atom. The number of furan rings is 1. The number of para-hydroxylation sites is 1. The molecule has 0 fully saturated rings. The zero-order valence-electron chi connectivity index (χ0n) is 10.2. The quantitative estimate of drug-likeness (QED) is 0.883. The number of ether oxygens (including phenoxy) is 2. The summed E-state index contributed by atoms with van der Waals surface area (Å²) in [6, 6.07) is 5.34. The van der Waals surface area contributed by atoms with Gasteiger partial charge in [-0.05, 0) is 13.0 Å². The van der Waals surface area contributed by atoms with Crippen LogP contribution in [0.3, 0.4) is 0 Å². The van der Waals surface area contributed by atoms with Crippen molar-refractivity contribution >= 4 is 16.9 Å². The van der Waals surface area contributed by atoms with E-state index < -0.39 is 5.97 Å². The number of rotatable bonds is 5. The lowest BCUT2D eigenvalue weighted by Gasteiger charge is -2.02. The van der Waals surface area contributed by atoms with Crippen molar-refractivity contribution in [1.82, 2.24) is 0 Å². The van der Waals surface area contributed by atoms with Gasteiger partial charge in [-0.1, -0.05) is 12.1 Å². The molecule has 0 aliphatic rings. The molecule has 0 atom stereocenters. The van der Waals surface area contributed by atoms with Crippen LogP contribution in [0.1, 0.15) is 23.0 Å². The maximum Gasteiger partial charge on any atom is 0.372 e. The first kappa shape index (κ1) is 12.4. The molecule has 1 aromatic carbocycles. The fraction of sp³-hybridized carbons (Fsp3) is 0.308. The molecule has 0 radical (unpaired) electrons. The second-order valence-corrected chi connectivity index (χ2v) is 3.71. The van der Waals surface area contributed by atoms with Gasteiger partial charge in [0, 0.05) is 18.1 Å². The Balaban J connectivity index is 2.67. The molecule has 0 aliphatic heterocycles. The maximum atomic E-state index is 11.1.